The van der Waals surface area contributed by atoms with Crippen LogP contribution in [0.15, 0.2) is 36.4 Å². The van der Waals surface area contributed by atoms with E-state index >= 15 is 0 Å². The molecule has 0 saturated heterocycles. The van der Waals surface area contributed by atoms with Gasteiger partial charge in [0.1, 0.15) is 0 Å². The Labute approximate surface area is 135 Å². The van der Waals surface area contributed by atoms with Crippen LogP contribution in [0.4, 0.5) is 0 Å². The van der Waals surface area contributed by atoms with Gasteiger partial charge in [-0.05, 0) is 69.9 Å². The first kappa shape index (κ1) is 15.3. The quantitative estimate of drug-likeness (QED) is 0.604. The molecule has 0 bridgehead atoms. The molecule has 0 spiro atoms. The molecular formula is C22H28. The van der Waals surface area contributed by atoms with Crippen LogP contribution in [-0.4, -0.2) is 0 Å². The van der Waals surface area contributed by atoms with Crippen LogP contribution in [0.25, 0.3) is 0 Å². The van der Waals surface area contributed by atoms with Crippen LogP contribution in [0.5, 0.6) is 0 Å². The van der Waals surface area contributed by atoms with Crippen LogP contribution < -0.4 is 0 Å². The van der Waals surface area contributed by atoms with Crippen molar-refractivity contribution >= 4 is 0 Å². The SMILES string of the molecule is Cc1cc(C)cc(C2CCCC(c3cc(C)cc(C)c3)C2)c1. The molecule has 1 aliphatic rings. The third-order valence-electron chi connectivity index (χ3n) is 5.11. The van der Waals surface area contributed by atoms with Gasteiger partial charge in [-0.15, -0.1) is 0 Å². The summed E-state index contributed by atoms with van der Waals surface area (Å²) in [4.78, 5) is 0. The highest BCUT2D eigenvalue weighted by Crippen LogP contribution is 2.41. The van der Waals surface area contributed by atoms with Gasteiger partial charge in [0.2, 0.25) is 0 Å². The first-order chi connectivity index (χ1) is 10.5. The van der Waals surface area contributed by atoms with Crippen molar-refractivity contribution in [1.29, 1.82) is 0 Å². The molecule has 0 heterocycles. The maximum Gasteiger partial charge on any atom is -0.0156 e. The second-order valence-corrected chi connectivity index (χ2v) is 7.40. The molecule has 0 heteroatoms. The topological polar surface area (TPSA) is 0 Å². The van der Waals surface area contributed by atoms with Crippen molar-refractivity contribution in [3.63, 3.8) is 0 Å². The van der Waals surface area contributed by atoms with E-state index in [1.807, 2.05) is 0 Å². The fourth-order valence-corrected chi connectivity index (χ4v) is 4.29. The molecular weight excluding hydrogens is 264 g/mol. The Bertz CT molecular complexity index is 568. The summed E-state index contributed by atoms with van der Waals surface area (Å²) in [5.41, 5.74) is 8.75. The van der Waals surface area contributed by atoms with Gasteiger partial charge in [-0.2, -0.15) is 0 Å². The van der Waals surface area contributed by atoms with Gasteiger partial charge in [0.15, 0.2) is 0 Å². The smallest absolute Gasteiger partial charge is 0.0156 e. The van der Waals surface area contributed by atoms with Crippen LogP contribution in [0.2, 0.25) is 0 Å². The molecule has 2 atom stereocenters. The predicted molar refractivity (Wildman–Crippen MR) is 95.8 cm³/mol. The average molecular weight is 292 g/mol. The normalized spacial score (nSPS) is 21.8. The van der Waals surface area contributed by atoms with Crippen molar-refractivity contribution in [2.45, 2.75) is 65.2 Å². The maximum atomic E-state index is 2.40. The zero-order valence-corrected chi connectivity index (χ0v) is 14.4. The molecule has 0 nitrogen and oxygen atoms in total. The number of rotatable bonds is 2. The molecule has 0 N–H and O–H groups in total. The van der Waals surface area contributed by atoms with Crippen molar-refractivity contribution in [2.24, 2.45) is 0 Å². The average Bonchev–Trinajstić information content (AvgIpc) is 2.45. The van der Waals surface area contributed by atoms with E-state index in [-0.39, 0.29) is 0 Å². The Morgan fingerprint density at radius 2 is 0.955 bits per heavy atom. The van der Waals surface area contributed by atoms with Crippen LogP contribution in [0, 0.1) is 27.7 Å². The maximum absolute atomic E-state index is 2.40. The fraction of sp³-hybridized carbons (Fsp3) is 0.455. The lowest BCUT2D eigenvalue weighted by Gasteiger charge is -2.30. The minimum atomic E-state index is 0.734. The second kappa shape index (κ2) is 6.28. The van der Waals surface area contributed by atoms with E-state index in [0.29, 0.717) is 0 Å². The first-order valence-corrected chi connectivity index (χ1v) is 8.67. The fourth-order valence-electron chi connectivity index (χ4n) is 4.29. The van der Waals surface area contributed by atoms with Crippen molar-refractivity contribution in [3.05, 3.63) is 69.8 Å². The Morgan fingerprint density at radius 1 is 0.591 bits per heavy atom. The van der Waals surface area contributed by atoms with Crippen LogP contribution in [0.3, 0.4) is 0 Å². The van der Waals surface area contributed by atoms with Gasteiger partial charge < -0.3 is 0 Å². The molecule has 116 valence electrons. The molecule has 2 aromatic carbocycles. The minimum Gasteiger partial charge on any atom is -0.0564 e. The number of hydrogen-bond acceptors (Lipinski definition) is 0. The summed E-state index contributed by atoms with van der Waals surface area (Å²) < 4.78 is 0. The lowest BCUT2D eigenvalue weighted by molar-refractivity contribution is 0.393. The van der Waals surface area contributed by atoms with E-state index in [1.165, 1.54) is 47.9 Å². The van der Waals surface area contributed by atoms with E-state index in [1.54, 1.807) is 11.1 Å². The number of benzene rings is 2. The molecule has 3 rings (SSSR count). The highest BCUT2D eigenvalue weighted by Gasteiger charge is 2.24. The summed E-state index contributed by atoms with van der Waals surface area (Å²) in [6, 6.07) is 14.2. The monoisotopic (exact) mass is 292 g/mol. The van der Waals surface area contributed by atoms with Gasteiger partial charge in [-0.1, -0.05) is 65.1 Å². The van der Waals surface area contributed by atoms with Gasteiger partial charge in [-0.25, -0.2) is 0 Å². The zero-order valence-electron chi connectivity index (χ0n) is 14.4. The van der Waals surface area contributed by atoms with Crippen molar-refractivity contribution in [2.75, 3.05) is 0 Å². The molecule has 1 aliphatic carbocycles. The molecule has 2 unspecified atom stereocenters. The summed E-state index contributed by atoms with van der Waals surface area (Å²) >= 11 is 0. The third-order valence-corrected chi connectivity index (χ3v) is 5.11. The third kappa shape index (κ3) is 3.43. The van der Waals surface area contributed by atoms with Gasteiger partial charge in [-0.3, -0.25) is 0 Å². The second-order valence-electron chi connectivity index (χ2n) is 7.40. The molecule has 0 amide bonds. The largest absolute Gasteiger partial charge is 0.0564 e. The Hall–Kier alpha value is -1.56. The Morgan fingerprint density at radius 3 is 1.32 bits per heavy atom. The molecule has 1 fully saturated rings. The van der Waals surface area contributed by atoms with Gasteiger partial charge in [0.25, 0.3) is 0 Å². The summed E-state index contributed by atoms with van der Waals surface area (Å²) in [6.07, 6.45) is 5.37. The summed E-state index contributed by atoms with van der Waals surface area (Å²) in [6.45, 7) is 8.89. The van der Waals surface area contributed by atoms with Gasteiger partial charge in [0.05, 0.1) is 0 Å². The highest BCUT2D eigenvalue weighted by atomic mass is 14.3. The minimum absolute atomic E-state index is 0.734. The van der Waals surface area contributed by atoms with Crippen molar-refractivity contribution < 1.29 is 0 Å². The Balaban J connectivity index is 1.84. The molecule has 2 aromatic rings. The standard InChI is InChI=1S/C22H28/c1-15-8-16(2)11-21(10-15)19-6-5-7-20(14-19)22-12-17(3)9-18(4)13-22/h8-13,19-20H,5-7,14H2,1-4H3. The van der Waals surface area contributed by atoms with E-state index in [4.69, 9.17) is 0 Å². The van der Waals surface area contributed by atoms with Gasteiger partial charge >= 0.3 is 0 Å². The highest BCUT2D eigenvalue weighted by molar-refractivity contribution is 5.34. The number of aryl methyl sites for hydroxylation is 4. The van der Waals surface area contributed by atoms with Crippen LogP contribution in [0.1, 0.15) is 70.9 Å². The molecule has 22 heavy (non-hydrogen) atoms. The van der Waals surface area contributed by atoms with Crippen molar-refractivity contribution in [3.8, 4) is 0 Å². The predicted octanol–water partition coefficient (Wildman–Crippen LogP) is 6.36. The first-order valence-electron chi connectivity index (χ1n) is 8.67. The molecule has 0 aliphatic heterocycles. The zero-order chi connectivity index (χ0) is 15.7. The summed E-state index contributed by atoms with van der Waals surface area (Å²) in [5.74, 6) is 1.47. The molecule has 0 aromatic heterocycles. The lowest BCUT2D eigenvalue weighted by atomic mass is 9.74. The van der Waals surface area contributed by atoms with Gasteiger partial charge in [0, 0.05) is 0 Å². The molecule has 1 saturated carbocycles. The van der Waals surface area contributed by atoms with E-state index in [0.717, 1.165) is 11.8 Å². The summed E-state index contributed by atoms with van der Waals surface area (Å²) in [7, 11) is 0. The van der Waals surface area contributed by atoms with E-state index in [9.17, 15) is 0 Å². The van der Waals surface area contributed by atoms with Crippen molar-refractivity contribution in [1.82, 2.24) is 0 Å². The summed E-state index contributed by atoms with van der Waals surface area (Å²) in [5, 5.41) is 0. The van der Waals surface area contributed by atoms with Crippen LogP contribution >= 0.6 is 0 Å². The van der Waals surface area contributed by atoms with E-state index < -0.39 is 0 Å². The Kier molecular flexibility index (Phi) is 4.38. The molecule has 0 radical (unpaired) electrons. The van der Waals surface area contributed by atoms with Crippen LogP contribution in [-0.2, 0) is 0 Å². The lowest BCUT2D eigenvalue weighted by Crippen LogP contribution is -2.13. The number of hydrogen-bond donors (Lipinski definition) is 0. The van der Waals surface area contributed by atoms with E-state index in [2.05, 4.69) is 64.1 Å².